The summed E-state index contributed by atoms with van der Waals surface area (Å²) in [4.78, 5) is 41.9. The van der Waals surface area contributed by atoms with Crippen molar-refractivity contribution < 1.29 is 50.0 Å². The van der Waals surface area contributed by atoms with E-state index < -0.39 is 77.7 Å². The van der Waals surface area contributed by atoms with Crippen LogP contribution in [0.5, 0.6) is 23.0 Å². The number of phosphoric ester groups is 1. The van der Waals surface area contributed by atoms with Gasteiger partial charge < -0.3 is 38.8 Å². The van der Waals surface area contributed by atoms with Gasteiger partial charge in [0.25, 0.3) is 11.5 Å². The van der Waals surface area contributed by atoms with Crippen LogP contribution in [0.15, 0.2) is 35.3 Å². The standard InChI is InChI=1S/C27H25F4N4O8P/c1-4-40-17-11-18(36)33-12-15(17)13-5-6-14(16(28)9-13)10-19(37)34-22-24-20(26(38)32-7-8-35(2)3)23-21(27(29,30)31)25(22)43-44(39,41-23)42-24/h5-6,9,11-12H,4,7-8,10H2,1-3H3,(H,32,38)(H,33,36)(H,34,37). The number of aromatic amines is 1. The fourth-order valence-corrected chi connectivity index (χ4v) is 5.91. The van der Waals surface area contributed by atoms with E-state index in [-0.39, 0.29) is 24.5 Å². The lowest BCUT2D eigenvalue weighted by Crippen LogP contribution is -2.35. The molecule has 0 aliphatic carbocycles. The first-order valence-electron chi connectivity index (χ1n) is 13.1. The molecule has 12 nitrogen and oxygen atoms in total. The van der Waals surface area contributed by atoms with Crippen molar-refractivity contribution in [3.05, 3.63) is 63.3 Å². The van der Waals surface area contributed by atoms with Crippen LogP contribution in [0.2, 0.25) is 0 Å². The number of anilines is 1. The zero-order chi connectivity index (χ0) is 32.0. The fraction of sp³-hybridized carbons (Fsp3) is 0.296. The van der Waals surface area contributed by atoms with E-state index in [0.717, 1.165) is 6.07 Å². The normalized spacial score (nSPS) is 16.3. The first kappa shape index (κ1) is 30.9. The Hall–Kier alpha value is -4.56. The number of alkyl halides is 3. The van der Waals surface area contributed by atoms with Gasteiger partial charge in [0.1, 0.15) is 28.4 Å². The molecule has 0 saturated carbocycles. The number of pyridine rings is 1. The van der Waals surface area contributed by atoms with Crippen LogP contribution in [0, 0.1) is 5.82 Å². The quantitative estimate of drug-likeness (QED) is 0.217. The topological polar surface area (TPSA) is 148 Å². The molecule has 3 aromatic rings. The molecule has 0 fully saturated rings. The van der Waals surface area contributed by atoms with E-state index >= 15 is 4.39 Å². The molecule has 3 aliphatic heterocycles. The average Bonchev–Trinajstić information content (AvgIpc) is 2.90. The molecule has 1 atom stereocenters. The van der Waals surface area contributed by atoms with Crippen molar-refractivity contribution in [1.29, 1.82) is 0 Å². The van der Waals surface area contributed by atoms with E-state index in [9.17, 15) is 32.1 Å². The summed E-state index contributed by atoms with van der Waals surface area (Å²) in [7, 11) is -1.17. The average molecular weight is 640 g/mol. The number of amides is 2. The van der Waals surface area contributed by atoms with E-state index in [1.807, 2.05) is 0 Å². The first-order chi connectivity index (χ1) is 20.7. The van der Waals surface area contributed by atoms with Crippen molar-refractivity contribution in [2.75, 3.05) is 39.1 Å². The highest BCUT2D eigenvalue weighted by Gasteiger charge is 2.57. The molecule has 2 aromatic carbocycles. The molecule has 17 heteroatoms. The Balaban J connectivity index is 1.46. The number of rotatable bonds is 10. The molecule has 1 aromatic heterocycles. The third-order valence-electron chi connectivity index (χ3n) is 6.49. The number of H-pyrrole nitrogens is 1. The van der Waals surface area contributed by atoms with E-state index in [1.54, 1.807) is 25.9 Å². The molecular weight excluding hydrogens is 615 g/mol. The van der Waals surface area contributed by atoms with Gasteiger partial charge in [-0.15, -0.1) is 0 Å². The van der Waals surface area contributed by atoms with Gasteiger partial charge in [-0.2, -0.15) is 17.7 Å². The number of benzene rings is 2. The van der Waals surface area contributed by atoms with E-state index in [2.05, 4.69) is 15.6 Å². The van der Waals surface area contributed by atoms with Gasteiger partial charge in [-0.25, -0.2) is 4.39 Å². The van der Waals surface area contributed by atoms with Crippen molar-refractivity contribution >= 4 is 25.3 Å². The van der Waals surface area contributed by atoms with Gasteiger partial charge in [0.05, 0.1) is 13.0 Å². The molecule has 4 bridgehead atoms. The number of carbonyl (C=O) groups is 2. The van der Waals surface area contributed by atoms with Gasteiger partial charge in [-0.3, -0.25) is 14.4 Å². The van der Waals surface area contributed by atoms with Gasteiger partial charge in [0, 0.05) is 30.9 Å². The van der Waals surface area contributed by atoms with Gasteiger partial charge >= 0.3 is 14.0 Å². The number of nitrogens with zero attached hydrogens (tertiary/aromatic N) is 1. The molecule has 3 aliphatic rings. The molecule has 44 heavy (non-hydrogen) atoms. The fourth-order valence-electron chi connectivity index (χ4n) is 4.58. The van der Waals surface area contributed by atoms with Crippen LogP contribution in [-0.2, 0) is 22.0 Å². The summed E-state index contributed by atoms with van der Waals surface area (Å²) in [5, 5.41) is 4.64. The smallest absolute Gasteiger partial charge is 0.493 e. The summed E-state index contributed by atoms with van der Waals surface area (Å²) in [5.41, 5.74) is -2.86. The van der Waals surface area contributed by atoms with Crippen LogP contribution < -0.4 is 34.5 Å². The van der Waals surface area contributed by atoms with Crippen LogP contribution in [0.25, 0.3) is 11.1 Å². The van der Waals surface area contributed by atoms with Crippen LogP contribution in [0.1, 0.15) is 28.4 Å². The number of likely N-dealkylation sites (N-methyl/N-ethyl adjacent to an activating group) is 1. The second-order valence-corrected chi connectivity index (χ2v) is 11.4. The number of nitrogens with one attached hydrogen (secondary N) is 3. The molecule has 1 unspecified atom stereocenters. The van der Waals surface area contributed by atoms with Crippen LogP contribution in [0.3, 0.4) is 0 Å². The summed E-state index contributed by atoms with van der Waals surface area (Å²) in [5.74, 6) is -5.37. The van der Waals surface area contributed by atoms with Gasteiger partial charge in [-0.05, 0) is 38.2 Å². The van der Waals surface area contributed by atoms with E-state index in [4.69, 9.17) is 18.3 Å². The Morgan fingerprint density at radius 1 is 1.09 bits per heavy atom. The van der Waals surface area contributed by atoms with Crippen molar-refractivity contribution in [3.8, 4) is 34.1 Å². The SMILES string of the molecule is CCOc1cc(=O)[nH]cc1-c1ccc(CC(=O)Nc2c3c(C(=O)NCCN(C)C)c4c(C(F)(F)F)c2OP(=O)(O3)O4)c(F)c1. The third-order valence-corrected chi connectivity index (χ3v) is 7.71. The Morgan fingerprint density at radius 3 is 2.45 bits per heavy atom. The molecular formula is C27H25F4N4O8P. The highest BCUT2D eigenvalue weighted by molar-refractivity contribution is 7.50. The summed E-state index contributed by atoms with van der Waals surface area (Å²) in [6.45, 7) is 2.32. The largest absolute Gasteiger partial charge is 0.647 e. The molecule has 6 rings (SSSR count). The van der Waals surface area contributed by atoms with Crippen molar-refractivity contribution in [2.45, 2.75) is 19.5 Å². The first-order valence-corrected chi connectivity index (χ1v) is 14.5. The number of hydrogen-bond acceptors (Lipinski definition) is 9. The predicted octanol–water partition coefficient (Wildman–Crippen LogP) is 4.34. The third kappa shape index (κ3) is 5.95. The summed E-state index contributed by atoms with van der Waals surface area (Å²) in [6, 6.07) is 5.05. The highest BCUT2D eigenvalue weighted by atomic mass is 31.2. The maximum Gasteiger partial charge on any atom is 0.647 e. The number of hydrogen-bond donors (Lipinski definition) is 3. The number of ether oxygens (including phenoxy) is 1. The van der Waals surface area contributed by atoms with Crippen LogP contribution in [-0.4, -0.2) is 55.5 Å². The molecule has 0 saturated heterocycles. The summed E-state index contributed by atoms with van der Waals surface area (Å²) < 4.78 is 90.8. The van der Waals surface area contributed by atoms with E-state index in [1.165, 1.54) is 24.4 Å². The molecule has 4 heterocycles. The van der Waals surface area contributed by atoms with Gasteiger partial charge in [0.2, 0.25) is 5.91 Å². The van der Waals surface area contributed by atoms with Gasteiger partial charge in [-0.1, -0.05) is 12.1 Å². The minimum absolute atomic E-state index is 0.0318. The molecule has 2 amide bonds. The Kier molecular flexibility index (Phi) is 8.07. The van der Waals surface area contributed by atoms with Crippen LogP contribution in [0.4, 0.5) is 23.2 Å². The zero-order valence-electron chi connectivity index (χ0n) is 23.4. The monoisotopic (exact) mass is 640 g/mol. The maximum atomic E-state index is 15.1. The lowest BCUT2D eigenvalue weighted by Gasteiger charge is -2.37. The minimum atomic E-state index is -5.16. The molecule has 234 valence electrons. The molecule has 3 N–H and O–H groups in total. The van der Waals surface area contributed by atoms with Crippen molar-refractivity contribution in [1.82, 2.24) is 15.2 Å². The Labute approximate surface area is 246 Å². The summed E-state index contributed by atoms with van der Waals surface area (Å²) in [6.07, 6.45) is -4.47. The van der Waals surface area contributed by atoms with Crippen molar-refractivity contribution in [2.24, 2.45) is 0 Å². The maximum absolute atomic E-state index is 15.1. The summed E-state index contributed by atoms with van der Waals surface area (Å²) >= 11 is 0. The highest BCUT2D eigenvalue weighted by Crippen LogP contribution is 2.70. The van der Waals surface area contributed by atoms with E-state index in [0.29, 0.717) is 17.7 Å². The molecule has 0 radical (unpaired) electrons. The predicted molar refractivity (Wildman–Crippen MR) is 148 cm³/mol. The zero-order valence-corrected chi connectivity index (χ0v) is 24.3. The minimum Gasteiger partial charge on any atom is -0.493 e. The second-order valence-electron chi connectivity index (χ2n) is 9.93. The Bertz CT molecular complexity index is 1780. The lowest BCUT2D eigenvalue weighted by molar-refractivity contribution is -0.140. The number of aromatic nitrogens is 1. The number of halogens is 4. The number of carbonyl (C=O) groups excluding carboxylic acids is 2. The van der Waals surface area contributed by atoms with Crippen LogP contribution >= 0.6 is 7.82 Å². The Morgan fingerprint density at radius 2 is 1.80 bits per heavy atom. The van der Waals surface area contributed by atoms with Gasteiger partial charge in [0.15, 0.2) is 17.2 Å². The molecule has 0 spiro atoms. The van der Waals surface area contributed by atoms with Crippen molar-refractivity contribution in [3.63, 3.8) is 0 Å². The second kappa shape index (κ2) is 11.5. The lowest BCUT2D eigenvalue weighted by atomic mass is 10.0. The number of phosphoric acid groups is 1.